The van der Waals surface area contributed by atoms with E-state index in [2.05, 4.69) is 9.88 Å². The summed E-state index contributed by atoms with van der Waals surface area (Å²) in [6, 6.07) is 12.3. The first kappa shape index (κ1) is 13.7. The van der Waals surface area contributed by atoms with Gasteiger partial charge in [0.1, 0.15) is 5.75 Å². The molecule has 2 aromatic rings. The van der Waals surface area contributed by atoms with Gasteiger partial charge in [-0.05, 0) is 42.7 Å². The Balaban J connectivity index is 1.79. The number of rotatable bonds is 6. The molecule has 1 atom stereocenters. The van der Waals surface area contributed by atoms with Gasteiger partial charge < -0.3 is 14.6 Å². The summed E-state index contributed by atoms with van der Waals surface area (Å²) >= 11 is 0. The number of nitrogens with one attached hydrogen (secondary N) is 1. The van der Waals surface area contributed by atoms with Gasteiger partial charge in [-0.15, -0.1) is 0 Å². The van der Waals surface area contributed by atoms with Crippen LogP contribution < -0.4 is 10.1 Å². The number of aromatic nitrogens is 1. The summed E-state index contributed by atoms with van der Waals surface area (Å²) < 4.78 is 7.27. The number of amides is 1. The third kappa shape index (κ3) is 3.45. The van der Waals surface area contributed by atoms with Crippen LogP contribution in [0, 0.1) is 0 Å². The number of hydrogen-bond acceptors (Lipinski definition) is 2. The Bertz CT molecular complexity index is 586. The van der Waals surface area contributed by atoms with Crippen LogP contribution in [0.3, 0.4) is 0 Å². The van der Waals surface area contributed by atoms with Crippen LogP contribution in [0.1, 0.15) is 30.9 Å². The Labute approximate surface area is 124 Å². The van der Waals surface area contributed by atoms with Crippen molar-refractivity contribution < 1.29 is 9.53 Å². The van der Waals surface area contributed by atoms with E-state index in [9.17, 15) is 4.79 Å². The number of carbonyl (C=O) groups is 1. The van der Waals surface area contributed by atoms with Crippen molar-refractivity contribution in [3.05, 3.63) is 54.4 Å². The van der Waals surface area contributed by atoms with Gasteiger partial charge in [-0.3, -0.25) is 4.79 Å². The summed E-state index contributed by atoms with van der Waals surface area (Å²) in [5.74, 6) is 0.944. The van der Waals surface area contributed by atoms with Crippen molar-refractivity contribution in [2.24, 2.45) is 0 Å². The van der Waals surface area contributed by atoms with Crippen molar-refractivity contribution in [3.8, 4) is 5.75 Å². The highest BCUT2D eigenvalue weighted by molar-refractivity contribution is 5.77. The quantitative estimate of drug-likeness (QED) is 0.886. The molecule has 4 nitrogen and oxygen atoms in total. The molecule has 1 aliphatic carbocycles. The van der Waals surface area contributed by atoms with Gasteiger partial charge in [0.2, 0.25) is 5.91 Å². The summed E-state index contributed by atoms with van der Waals surface area (Å²) in [5.41, 5.74) is 1.11. The highest BCUT2D eigenvalue weighted by atomic mass is 16.5. The minimum Gasteiger partial charge on any atom is -0.497 e. The molecule has 1 heterocycles. The van der Waals surface area contributed by atoms with Crippen molar-refractivity contribution in [2.75, 3.05) is 7.11 Å². The maximum absolute atomic E-state index is 12.1. The zero-order chi connectivity index (χ0) is 14.7. The normalized spacial score (nSPS) is 15.5. The van der Waals surface area contributed by atoms with Crippen molar-refractivity contribution in [1.29, 1.82) is 0 Å². The van der Waals surface area contributed by atoms with E-state index in [4.69, 9.17) is 4.74 Å². The maximum atomic E-state index is 12.1. The van der Waals surface area contributed by atoms with Crippen molar-refractivity contribution in [2.45, 2.75) is 31.3 Å². The lowest BCUT2D eigenvalue weighted by molar-refractivity contribution is -0.121. The smallest absolute Gasteiger partial charge is 0.222 e. The molecule has 0 bridgehead atoms. The van der Waals surface area contributed by atoms with E-state index in [1.807, 2.05) is 48.8 Å². The van der Waals surface area contributed by atoms with Crippen LogP contribution in [-0.2, 0) is 4.79 Å². The predicted molar refractivity (Wildman–Crippen MR) is 81.3 cm³/mol. The lowest BCUT2D eigenvalue weighted by Crippen LogP contribution is -2.28. The van der Waals surface area contributed by atoms with E-state index in [0.29, 0.717) is 12.5 Å². The Kier molecular flexibility index (Phi) is 3.95. The minimum absolute atomic E-state index is 0.0182. The van der Waals surface area contributed by atoms with Gasteiger partial charge in [-0.1, -0.05) is 12.1 Å². The molecule has 1 saturated carbocycles. The number of carbonyl (C=O) groups excluding carboxylic acids is 1. The highest BCUT2D eigenvalue weighted by Crippen LogP contribution is 2.25. The number of benzene rings is 1. The Morgan fingerprint density at radius 3 is 2.52 bits per heavy atom. The fourth-order valence-corrected chi connectivity index (χ4v) is 2.47. The van der Waals surface area contributed by atoms with Crippen molar-refractivity contribution in [1.82, 2.24) is 9.88 Å². The molecule has 1 aromatic carbocycles. The first-order chi connectivity index (χ1) is 10.3. The molecule has 1 fully saturated rings. The lowest BCUT2D eigenvalue weighted by Gasteiger charge is -2.19. The lowest BCUT2D eigenvalue weighted by atomic mass is 10.0. The van der Waals surface area contributed by atoms with E-state index >= 15 is 0 Å². The van der Waals surface area contributed by atoms with Gasteiger partial charge in [0.15, 0.2) is 0 Å². The topological polar surface area (TPSA) is 43.3 Å². The second-order valence-corrected chi connectivity index (χ2v) is 5.47. The maximum Gasteiger partial charge on any atom is 0.222 e. The van der Waals surface area contributed by atoms with E-state index in [0.717, 1.165) is 24.2 Å². The average molecular weight is 284 g/mol. The third-order valence-electron chi connectivity index (χ3n) is 3.81. The van der Waals surface area contributed by atoms with Gasteiger partial charge >= 0.3 is 0 Å². The highest BCUT2D eigenvalue weighted by Gasteiger charge is 2.25. The van der Waals surface area contributed by atoms with E-state index in [1.54, 1.807) is 7.11 Å². The minimum atomic E-state index is 0.0182. The fraction of sp³-hybridized carbons (Fsp3) is 0.353. The molecule has 4 heteroatoms. The van der Waals surface area contributed by atoms with Crippen molar-refractivity contribution >= 4 is 5.91 Å². The molecule has 110 valence electrons. The summed E-state index contributed by atoms with van der Waals surface area (Å²) in [7, 11) is 1.65. The molecule has 0 aliphatic heterocycles. The van der Waals surface area contributed by atoms with E-state index in [-0.39, 0.29) is 11.9 Å². The monoisotopic (exact) mass is 284 g/mol. The fourth-order valence-electron chi connectivity index (χ4n) is 2.47. The first-order valence-electron chi connectivity index (χ1n) is 7.32. The Morgan fingerprint density at radius 1 is 1.29 bits per heavy atom. The average Bonchev–Trinajstić information content (AvgIpc) is 3.15. The number of methoxy groups -OCH3 is 1. The predicted octanol–water partition coefficient (Wildman–Crippen LogP) is 2.75. The summed E-state index contributed by atoms with van der Waals surface area (Å²) in [4.78, 5) is 12.1. The number of hydrogen-bond donors (Lipinski definition) is 1. The standard InChI is InChI=1S/C17H20N2O2/c1-21-15-8-4-13(5-9-15)16(19-10-2-3-11-19)12-17(20)18-14-6-7-14/h2-5,8-11,14,16H,6-7,12H2,1H3,(H,18,20). The van der Waals surface area contributed by atoms with Gasteiger partial charge in [0.05, 0.1) is 19.6 Å². The molecule has 3 rings (SSSR count). The van der Waals surface area contributed by atoms with Crippen molar-refractivity contribution in [3.63, 3.8) is 0 Å². The molecule has 1 aromatic heterocycles. The molecule has 0 radical (unpaired) electrons. The molecule has 1 unspecified atom stereocenters. The van der Waals surface area contributed by atoms with Crippen LogP contribution in [0.2, 0.25) is 0 Å². The van der Waals surface area contributed by atoms with Crippen LogP contribution >= 0.6 is 0 Å². The zero-order valence-electron chi connectivity index (χ0n) is 12.2. The second-order valence-electron chi connectivity index (χ2n) is 5.47. The number of ether oxygens (including phenoxy) is 1. The first-order valence-corrected chi connectivity index (χ1v) is 7.32. The third-order valence-corrected chi connectivity index (χ3v) is 3.81. The molecule has 1 aliphatic rings. The molecule has 0 saturated heterocycles. The van der Waals surface area contributed by atoms with Crippen LogP contribution in [0.5, 0.6) is 5.75 Å². The second kappa shape index (κ2) is 6.04. The van der Waals surface area contributed by atoms with Crippen LogP contribution in [0.15, 0.2) is 48.8 Å². The van der Waals surface area contributed by atoms with Crippen LogP contribution in [-0.4, -0.2) is 23.6 Å². The van der Waals surface area contributed by atoms with Gasteiger partial charge in [-0.2, -0.15) is 0 Å². The van der Waals surface area contributed by atoms with Gasteiger partial charge in [-0.25, -0.2) is 0 Å². The molecular formula is C17H20N2O2. The largest absolute Gasteiger partial charge is 0.497 e. The Morgan fingerprint density at radius 2 is 1.95 bits per heavy atom. The van der Waals surface area contributed by atoms with Gasteiger partial charge in [0.25, 0.3) is 0 Å². The van der Waals surface area contributed by atoms with E-state index in [1.165, 1.54) is 0 Å². The molecule has 21 heavy (non-hydrogen) atoms. The molecule has 1 N–H and O–H groups in total. The molecule has 0 spiro atoms. The van der Waals surface area contributed by atoms with Crippen LogP contribution in [0.4, 0.5) is 0 Å². The summed E-state index contributed by atoms with van der Waals surface area (Å²) in [6.45, 7) is 0. The number of nitrogens with zero attached hydrogens (tertiary/aromatic N) is 1. The summed E-state index contributed by atoms with van der Waals surface area (Å²) in [5, 5.41) is 3.06. The van der Waals surface area contributed by atoms with Gasteiger partial charge in [0, 0.05) is 18.4 Å². The summed E-state index contributed by atoms with van der Waals surface area (Å²) in [6.07, 6.45) is 6.68. The van der Waals surface area contributed by atoms with Crippen LogP contribution in [0.25, 0.3) is 0 Å². The Hall–Kier alpha value is -2.23. The van der Waals surface area contributed by atoms with E-state index < -0.39 is 0 Å². The molecule has 1 amide bonds. The zero-order valence-corrected chi connectivity index (χ0v) is 12.2. The molecular weight excluding hydrogens is 264 g/mol. The SMILES string of the molecule is COc1ccc(C(CC(=O)NC2CC2)n2cccc2)cc1.